The van der Waals surface area contributed by atoms with Crippen molar-refractivity contribution < 1.29 is 22.6 Å². The van der Waals surface area contributed by atoms with Gasteiger partial charge in [-0.1, -0.05) is 6.42 Å². The fraction of sp³-hybridized carbons (Fsp3) is 0.565. The van der Waals surface area contributed by atoms with Gasteiger partial charge >= 0.3 is 0 Å². The smallest absolute Gasteiger partial charge is 0.255 e. The lowest BCUT2D eigenvalue weighted by molar-refractivity contribution is -0.0985. The highest BCUT2D eigenvalue weighted by Crippen LogP contribution is 2.38. The molecule has 1 N–H and O–H groups in total. The third-order valence-corrected chi connectivity index (χ3v) is 5.95. The number of rotatable bonds is 6. The Morgan fingerprint density at radius 3 is 2.56 bits per heavy atom. The van der Waals surface area contributed by atoms with E-state index in [1.54, 1.807) is 0 Å². The fourth-order valence-corrected chi connectivity index (χ4v) is 4.34. The predicted octanol–water partition coefficient (Wildman–Crippen LogP) is 5.18. The van der Waals surface area contributed by atoms with Crippen molar-refractivity contribution in [3.63, 3.8) is 0 Å². The Morgan fingerprint density at radius 2 is 1.88 bits per heavy atom. The second-order valence-corrected chi connectivity index (χ2v) is 8.70. The molecule has 1 aliphatic carbocycles. The van der Waals surface area contributed by atoms with E-state index >= 15 is 0 Å². The molecule has 0 bridgehead atoms. The summed E-state index contributed by atoms with van der Waals surface area (Å²) < 4.78 is 53.3. The molecule has 4 rings (SSSR count). The van der Waals surface area contributed by atoms with Crippen LogP contribution in [0.15, 0.2) is 30.5 Å². The number of halogens is 3. The number of aromatic nitrogens is 2. The Hall–Kier alpha value is -2.55. The number of anilines is 3. The zero-order chi connectivity index (χ0) is 22.7. The summed E-state index contributed by atoms with van der Waals surface area (Å²) in [5.74, 6) is -4.68. The van der Waals surface area contributed by atoms with E-state index in [0.29, 0.717) is 12.8 Å². The van der Waals surface area contributed by atoms with Crippen LogP contribution in [0, 0.1) is 11.7 Å². The van der Waals surface area contributed by atoms with E-state index in [9.17, 15) is 13.2 Å². The number of morpholine rings is 1. The number of hydrogen-bond donors (Lipinski definition) is 1. The van der Waals surface area contributed by atoms with Crippen molar-refractivity contribution in [2.45, 2.75) is 57.7 Å². The zero-order valence-corrected chi connectivity index (χ0v) is 18.4. The van der Waals surface area contributed by atoms with Gasteiger partial charge in [-0.2, -0.15) is 9.37 Å². The lowest BCUT2D eigenvalue weighted by Gasteiger charge is -2.36. The molecule has 32 heavy (non-hydrogen) atoms. The minimum atomic E-state index is -2.79. The predicted molar refractivity (Wildman–Crippen MR) is 116 cm³/mol. The van der Waals surface area contributed by atoms with Crippen LogP contribution in [-0.4, -0.2) is 47.8 Å². The molecule has 2 fully saturated rings. The molecule has 2 aliphatic rings. The van der Waals surface area contributed by atoms with Crippen molar-refractivity contribution >= 4 is 17.3 Å². The zero-order valence-electron chi connectivity index (χ0n) is 18.4. The monoisotopic (exact) mass is 450 g/mol. The SMILES string of the molecule is C[C@@H]1CN(c2ccc(Nc3ncc(F)c(OCC4CCCCC4(F)F)n3)cc2)C[C@H](C)O1. The Morgan fingerprint density at radius 1 is 1.16 bits per heavy atom. The van der Waals surface area contributed by atoms with Crippen LogP contribution in [0.4, 0.5) is 30.5 Å². The van der Waals surface area contributed by atoms with Gasteiger partial charge in [0.05, 0.1) is 30.9 Å². The number of alkyl halides is 2. The minimum absolute atomic E-state index is 0.137. The first-order valence-electron chi connectivity index (χ1n) is 11.1. The number of nitrogens with one attached hydrogen (secondary N) is 1. The maximum Gasteiger partial charge on any atom is 0.255 e. The second-order valence-electron chi connectivity index (χ2n) is 8.70. The summed E-state index contributed by atoms with van der Waals surface area (Å²) in [4.78, 5) is 10.2. The third-order valence-electron chi connectivity index (χ3n) is 5.95. The van der Waals surface area contributed by atoms with E-state index in [1.807, 2.05) is 24.3 Å². The molecule has 2 heterocycles. The van der Waals surface area contributed by atoms with Crippen LogP contribution in [0.25, 0.3) is 0 Å². The third kappa shape index (κ3) is 5.43. The van der Waals surface area contributed by atoms with Gasteiger partial charge in [-0.25, -0.2) is 13.8 Å². The van der Waals surface area contributed by atoms with Crippen LogP contribution in [0.1, 0.15) is 39.5 Å². The van der Waals surface area contributed by atoms with Gasteiger partial charge in [0.15, 0.2) is 0 Å². The van der Waals surface area contributed by atoms with Gasteiger partial charge in [-0.3, -0.25) is 0 Å². The Labute approximate surface area is 186 Å². The minimum Gasteiger partial charge on any atom is -0.475 e. The first-order chi connectivity index (χ1) is 15.3. The highest BCUT2D eigenvalue weighted by molar-refractivity contribution is 5.59. The van der Waals surface area contributed by atoms with E-state index < -0.39 is 17.7 Å². The quantitative estimate of drug-likeness (QED) is 0.655. The van der Waals surface area contributed by atoms with Crippen LogP contribution >= 0.6 is 0 Å². The average Bonchev–Trinajstić information content (AvgIpc) is 2.74. The van der Waals surface area contributed by atoms with Crippen molar-refractivity contribution in [2.75, 3.05) is 29.9 Å². The summed E-state index contributed by atoms with van der Waals surface area (Å²) in [6.45, 7) is 5.47. The molecular weight excluding hydrogens is 421 g/mol. The van der Waals surface area contributed by atoms with Crippen molar-refractivity contribution in [1.82, 2.24) is 9.97 Å². The first kappa shape index (κ1) is 22.6. The molecule has 0 spiro atoms. The molecule has 3 atom stereocenters. The molecular formula is C23H29F3N4O2. The lowest BCUT2D eigenvalue weighted by atomic mass is 9.86. The Bertz CT molecular complexity index is 903. The van der Waals surface area contributed by atoms with Gasteiger partial charge < -0.3 is 19.7 Å². The Balaban J connectivity index is 1.39. The number of hydrogen-bond acceptors (Lipinski definition) is 6. The van der Waals surface area contributed by atoms with Gasteiger partial charge in [0.25, 0.3) is 11.8 Å². The van der Waals surface area contributed by atoms with Gasteiger partial charge in [0.2, 0.25) is 11.8 Å². The molecule has 9 heteroatoms. The lowest BCUT2D eigenvalue weighted by Crippen LogP contribution is -2.45. The average molecular weight is 451 g/mol. The molecule has 1 unspecified atom stereocenters. The Kier molecular flexibility index (Phi) is 6.74. The van der Waals surface area contributed by atoms with Crippen molar-refractivity contribution in [1.29, 1.82) is 0 Å². The summed E-state index contributed by atoms with van der Waals surface area (Å²) in [5.41, 5.74) is 1.80. The van der Waals surface area contributed by atoms with Crippen molar-refractivity contribution in [3.8, 4) is 5.88 Å². The van der Waals surface area contributed by atoms with Gasteiger partial charge in [0, 0.05) is 30.9 Å². The van der Waals surface area contributed by atoms with E-state index in [4.69, 9.17) is 9.47 Å². The van der Waals surface area contributed by atoms with Crippen LogP contribution < -0.4 is 15.0 Å². The molecule has 6 nitrogen and oxygen atoms in total. The van der Waals surface area contributed by atoms with E-state index in [0.717, 1.165) is 37.1 Å². The maximum atomic E-state index is 14.1. The summed E-state index contributed by atoms with van der Waals surface area (Å²) in [7, 11) is 0. The summed E-state index contributed by atoms with van der Waals surface area (Å²) >= 11 is 0. The normalized spacial score (nSPS) is 25.4. The van der Waals surface area contributed by atoms with Crippen LogP contribution in [0.5, 0.6) is 5.88 Å². The highest BCUT2D eigenvalue weighted by atomic mass is 19.3. The largest absolute Gasteiger partial charge is 0.475 e. The number of nitrogens with zero attached hydrogens (tertiary/aromatic N) is 3. The summed E-state index contributed by atoms with van der Waals surface area (Å²) in [6.07, 6.45) is 2.74. The van der Waals surface area contributed by atoms with Crippen LogP contribution in [0.3, 0.4) is 0 Å². The van der Waals surface area contributed by atoms with E-state index in [2.05, 4.69) is 34.0 Å². The van der Waals surface area contributed by atoms with Gasteiger partial charge in [0.1, 0.15) is 0 Å². The molecule has 1 aromatic heterocycles. The fourth-order valence-electron chi connectivity index (χ4n) is 4.34. The van der Waals surface area contributed by atoms with E-state index in [1.165, 1.54) is 0 Å². The summed E-state index contributed by atoms with van der Waals surface area (Å²) in [5, 5.41) is 3.01. The summed E-state index contributed by atoms with van der Waals surface area (Å²) in [6, 6.07) is 7.74. The van der Waals surface area contributed by atoms with Gasteiger partial charge in [-0.15, -0.1) is 0 Å². The molecule has 0 radical (unpaired) electrons. The second kappa shape index (κ2) is 9.52. The maximum absolute atomic E-state index is 14.1. The van der Waals surface area contributed by atoms with Gasteiger partial charge in [-0.05, 0) is 51.0 Å². The molecule has 1 aromatic carbocycles. The molecule has 2 aromatic rings. The standard InChI is InChI=1S/C23H29F3N4O2/c1-15-12-30(13-16(2)32-15)19-8-6-18(7-9-19)28-22-27-11-20(24)21(29-22)31-14-17-5-3-4-10-23(17,25)26/h6-9,11,15-17H,3-5,10,12-14H2,1-2H3,(H,27,28,29)/t15-,16+,17?. The van der Waals surface area contributed by atoms with Crippen molar-refractivity contribution in [2.24, 2.45) is 5.92 Å². The highest BCUT2D eigenvalue weighted by Gasteiger charge is 2.41. The number of benzene rings is 1. The molecule has 174 valence electrons. The van der Waals surface area contributed by atoms with Crippen LogP contribution in [-0.2, 0) is 4.74 Å². The number of ether oxygens (including phenoxy) is 2. The van der Waals surface area contributed by atoms with E-state index in [-0.39, 0.29) is 37.1 Å². The van der Waals surface area contributed by atoms with Crippen LogP contribution in [0.2, 0.25) is 0 Å². The first-order valence-corrected chi connectivity index (χ1v) is 11.1. The molecule has 1 saturated heterocycles. The van der Waals surface area contributed by atoms with Crippen molar-refractivity contribution in [3.05, 3.63) is 36.3 Å². The molecule has 0 amide bonds. The topological polar surface area (TPSA) is 59.5 Å². The molecule has 1 aliphatic heterocycles. The molecule has 1 saturated carbocycles.